The second kappa shape index (κ2) is 5.91. The first-order valence-corrected chi connectivity index (χ1v) is 7.86. The fraction of sp³-hybridized carbons (Fsp3) is 0.471. The lowest BCUT2D eigenvalue weighted by atomic mass is 10.0. The van der Waals surface area contributed by atoms with Gasteiger partial charge >= 0.3 is 0 Å². The molecule has 22 heavy (non-hydrogen) atoms. The number of hydrogen-bond acceptors (Lipinski definition) is 3. The molecule has 0 radical (unpaired) electrons. The van der Waals surface area contributed by atoms with E-state index in [1.165, 1.54) is 5.56 Å². The van der Waals surface area contributed by atoms with Crippen molar-refractivity contribution in [1.29, 1.82) is 5.41 Å². The molecule has 0 spiro atoms. The molecule has 5 nitrogen and oxygen atoms in total. The molecule has 0 saturated heterocycles. The number of nitrogens with one attached hydrogen (secondary N) is 2. The first-order chi connectivity index (χ1) is 10.5. The molecular formula is C17H23N5. The van der Waals surface area contributed by atoms with Crippen molar-refractivity contribution < 1.29 is 0 Å². The van der Waals surface area contributed by atoms with Gasteiger partial charge in [-0.25, -0.2) is 4.98 Å². The number of imidazole rings is 1. The molecule has 0 fully saturated rings. The molecule has 0 aromatic carbocycles. The third-order valence-corrected chi connectivity index (χ3v) is 4.01. The van der Waals surface area contributed by atoms with E-state index in [9.17, 15) is 0 Å². The zero-order valence-corrected chi connectivity index (χ0v) is 13.5. The first-order valence-electron chi connectivity index (χ1n) is 7.86. The first kappa shape index (κ1) is 14.8. The van der Waals surface area contributed by atoms with E-state index in [0.29, 0.717) is 11.8 Å². The number of amidine groups is 1. The maximum atomic E-state index is 8.59. The predicted octanol–water partition coefficient (Wildman–Crippen LogP) is 2.70. The summed E-state index contributed by atoms with van der Waals surface area (Å²) in [7, 11) is 0. The number of aryl methyl sites for hydroxylation is 1. The van der Waals surface area contributed by atoms with E-state index in [1.54, 1.807) is 0 Å². The number of aromatic amines is 1. The average molecular weight is 297 g/mol. The molecule has 0 amide bonds. The molecule has 0 saturated carbocycles. The van der Waals surface area contributed by atoms with Gasteiger partial charge in [-0.2, -0.15) is 0 Å². The van der Waals surface area contributed by atoms with Gasteiger partial charge in [-0.05, 0) is 30.9 Å². The highest BCUT2D eigenvalue weighted by molar-refractivity contribution is 5.95. The number of nitrogens with zero attached hydrogens (tertiary/aromatic N) is 3. The van der Waals surface area contributed by atoms with Crippen LogP contribution in [-0.2, 0) is 19.4 Å². The molecule has 3 heterocycles. The number of aromatic nitrogens is 3. The van der Waals surface area contributed by atoms with Gasteiger partial charge in [0.15, 0.2) is 0 Å². The van der Waals surface area contributed by atoms with Crippen molar-refractivity contribution in [2.24, 2.45) is 5.92 Å². The zero-order valence-electron chi connectivity index (χ0n) is 13.5. The van der Waals surface area contributed by atoms with Gasteiger partial charge in [0.25, 0.3) is 0 Å². The lowest BCUT2D eigenvalue weighted by Gasteiger charge is -2.29. The molecular weight excluding hydrogens is 274 g/mol. The molecule has 0 bridgehead atoms. The monoisotopic (exact) mass is 297 g/mol. The number of rotatable bonds is 3. The van der Waals surface area contributed by atoms with Gasteiger partial charge in [-0.3, -0.25) is 10.4 Å². The lowest BCUT2D eigenvalue weighted by Crippen LogP contribution is -2.37. The fourth-order valence-corrected chi connectivity index (χ4v) is 3.00. The fourth-order valence-electron chi connectivity index (χ4n) is 3.00. The van der Waals surface area contributed by atoms with Crippen LogP contribution in [0.5, 0.6) is 0 Å². The maximum absolute atomic E-state index is 8.59. The van der Waals surface area contributed by atoms with Crippen LogP contribution in [0, 0.1) is 18.3 Å². The van der Waals surface area contributed by atoms with Crippen molar-refractivity contribution in [3.8, 4) is 0 Å². The molecule has 2 aromatic heterocycles. The molecule has 1 aliphatic rings. The van der Waals surface area contributed by atoms with Gasteiger partial charge in [0.1, 0.15) is 17.4 Å². The van der Waals surface area contributed by atoms with Crippen molar-refractivity contribution in [2.75, 3.05) is 6.54 Å². The van der Waals surface area contributed by atoms with Crippen LogP contribution in [0.2, 0.25) is 0 Å². The minimum atomic E-state index is 0.523. The summed E-state index contributed by atoms with van der Waals surface area (Å²) in [5.41, 5.74) is 4.26. The van der Waals surface area contributed by atoms with Crippen molar-refractivity contribution in [2.45, 2.75) is 40.2 Å². The SMILES string of the molecule is Cc1nc(C(=N)N2CCc3ncccc3C2)c(CC(C)C)[nH]1. The summed E-state index contributed by atoms with van der Waals surface area (Å²) in [5.74, 6) is 1.95. The topological polar surface area (TPSA) is 68.7 Å². The van der Waals surface area contributed by atoms with Crippen molar-refractivity contribution in [3.05, 3.63) is 46.8 Å². The van der Waals surface area contributed by atoms with E-state index < -0.39 is 0 Å². The van der Waals surface area contributed by atoms with Crippen molar-refractivity contribution in [3.63, 3.8) is 0 Å². The summed E-state index contributed by atoms with van der Waals surface area (Å²) in [6.07, 6.45) is 3.66. The van der Waals surface area contributed by atoms with Crippen LogP contribution in [-0.4, -0.2) is 32.2 Å². The summed E-state index contributed by atoms with van der Waals surface area (Å²) in [5, 5.41) is 8.59. The Morgan fingerprint density at radius 2 is 2.27 bits per heavy atom. The van der Waals surface area contributed by atoms with Gasteiger partial charge in [0.2, 0.25) is 0 Å². The maximum Gasteiger partial charge on any atom is 0.149 e. The van der Waals surface area contributed by atoms with Crippen molar-refractivity contribution in [1.82, 2.24) is 19.9 Å². The molecule has 2 aromatic rings. The molecule has 5 heteroatoms. The second-order valence-corrected chi connectivity index (χ2v) is 6.38. The van der Waals surface area contributed by atoms with Gasteiger partial charge in [0.05, 0.1) is 0 Å². The van der Waals surface area contributed by atoms with Gasteiger partial charge < -0.3 is 9.88 Å². The summed E-state index contributed by atoms with van der Waals surface area (Å²) in [4.78, 5) is 14.4. The normalized spacial score (nSPS) is 14.3. The standard InChI is InChI=1S/C17H23N5/c1-11(2)9-15-16(21-12(3)20-15)17(18)22-8-6-14-13(10-22)5-4-7-19-14/h4-5,7,11,18H,6,8-10H2,1-3H3,(H,20,21). The highest BCUT2D eigenvalue weighted by Gasteiger charge is 2.23. The summed E-state index contributed by atoms with van der Waals surface area (Å²) in [6, 6.07) is 4.07. The summed E-state index contributed by atoms with van der Waals surface area (Å²) >= 11 is 0. The van der Waals surface area contributed by atoms with E-state index in [2.05, 4.69) is 39.8 Å². The average Bonchev–Trinajstić information content (AvgIpc) is 2.85. The molecule has 116 valence electrons. The zero-order chi connectivity index (χ0) is 15.7. The van der Waals surface area contributed by atoms with Gasteiger partial charge in [0, 0.05) is 37.1 Å². The minimum Gasteiger partial charge on any atom is -0.350 e. The van der Waals surface area contributed by atoms with Gasteiger partial charge in [-0.15, -0.1) is 0 Å². The Morgan fingerprint density at radius 3 is 3.05 bits per heavy atom. The van der Waals surface area contributed by atoms with E-state index >= 15 is 0 Å². The van der Waals surface area contributed by atoms with Crippen LogP contribution in [0.3, 0.4) is 0 Å². The smallest absolute Gasteiger partial charge is 0.149 e. The van der Waals surface area contributed by atoms with Crippen LogP contribution >= 0.6 is 0 Å². The third-order valence-electron chi connectivity index (χ3n) is 4.01. The Labute approximate surface area is 131 Å². The molecule has 0 unspecified atom stereocenters. The van der Waals surface area contributed by atoms with E-state index in [0.717, 1.165) is 48.8 Å². The van der Waals surface area contributed by atoms with Crippen LogP contribution in [0.25, 0.3) is 0 Å². The lowest BCUT2D eigenvalue weighted by molar-refractivity contribution is 0.386. The minimum absolute atomic E-state index is 0.523. The van der Waals surface area contributed by atoms with Crippen LogP contribution in [0.15, 0.2) is 18.3 Å². The molecule has 0 atom stereocenters. The highest BCUT2D eigenvalue weighted by Crippen LogP contribution is 2.20. The molecule has 0 aliphatic carbocycles. The Kier molecular flexibility index (Phi) is 3.96. The Bertz CT molecular complexity index is 686. The third kappa shape index (κ3) is 2.89. The number of H-pyrrole nitrogens is 1. The number of pyridine rings is 1. The van der Waals surface area contributed by atoms with E-state index in [1.807, 2.05) is 19.2 Å². The van der Waals surface area contributed by atoms with Crippen molar-refractivity contribution >= 4 is 5.84 Å². The quantitative estimate of drug-likeness (QED) is 0.676. The Morgan fingerprint density at radius 1 is 1.45 bits per heavy atom. The Balaban J connectivity index is 1.83. The van der Waals surface area contributed by atoms with Crippen LogP contribution in [0.4, 0.5) is 0 Å². The van der Waals surface area contributed by atoms with E-state index in [-0.39, 0.29) is 0 Å². The van der Waals surface area contributed by atoms with Gasteiger partial charge in [-0.1, -0.05) is 19.9 Å². The number of fused-ring (bicyclic) bond motifs is 1. The predicted molar refractivity (Wildman–Crippen MR) is 87.0 cm³/mol. The molecule has 1 aliphatic heterocycles. The van der Waals surface area contributed by atoms with Crippen LogP contribution in [0.1, 0.15) is 42.3 Å². The summed E-state index contributed by atoms with van der Waals surface area (Å²) < 4.78 is 0. The highest BCUT2D eigenvalue weighted by atomic mass is 15.2. The van der Waals surface area contributed by atoms with E-state index in [4.69, 9.17) is 5.41 Å². The summed E-state index contributed by atoms with van der Waals surface area (Å²) in [6.45, 7) is 7.90. The molecule has 2 N–H and O–H groups in total. The Hall–Kier alpha value is -2.17. The largest absolute Gasteiger partial charge is 0.350 e. The second-order valence-electron chi connectivity index (χ2n) is 6.38. The molecule has 3 rings (SSSR count). The number of hydrogen-bond donors (Lipinski definition) is 2. The van der Waals surface area contributed by atoms with Crippen LogP contribution < -0.4 is 0 Å².